The first-order valence-corrected chi connectivity index (χ1v) is 5.11. The number of ether oxygens (including phenoxy) is 1. The second-order valence-electron chi connectivity index (χ2n) is 3.21. The highest BCUT2D eigenvalue weighted by atomic mass is 35.5. The topological polar surface area (TPSA) is 51.0 Å². The molecule has 0 spiro atoms. The highest BCUT2D eigenvalue weighted by Gasteiger charge is 2.11. The maximum absolute atomic E-state index is 5.79. The van der Waals surface area contributed by atoms with Gasteiger partial charge in [0.25, 0.3) is 0 Å². The third kappa shape index (κ3) is 1.77. The van der Waals surface area contributed by atoms with Crippen molar-refractivity contribution in [2.75, 3.05) is 0 Å². The molecule has 0 atom stereocenters. The molecule has 0 amide bonds. The molecule has 0 saturated carbocycles. The van der Waals surface area contributed by atoms with Gasteiger partial charge in [-0.25, -0.2) is 0 Å². The SMILES string of the molecule is C=CO/C(=C(\N)Cl)c1c[nH]c2ccccc12. The lowest BCUT2D eigenvalue weighted by Crippen LogP contribution is -1.96. The number of aromatic nitrogens is 1. The highest BCUT2D eigenvalue weighted by Crippen LogP contribution is 2.27. The molecule has 0 aliphatic carbocycles. The molecule has 16 heavy (non-hydrogen) atoms. The van der Waals surface area contributed by atoms with Crippen LogP contribution in [0.2, 0.25) is 0 Å². The Morgan fingerprint density at radius 2 is 2.19 bits per heavy atom. The van der Waals surface area contributed by atoms with Crippen molar-refractivity contribution >= 4 is 28.3 Å². The zero-order chi connectivity index (χ0) is 11.5. The summed E-state index contributed by atoms with van der Waals surface area (Å²) in [4.78, 5) is 3.12. The van der Waals surface area contributed by atoms with E-state index in [4.69, 9.17) is 22.1 Å². The minimum atomic E-state index is 0.102. The lowest BCUT2D eigenvalue weighted by molar-refractivity contribution is 0.437. The number of halogens is 1. The van der Waals surface area contributed by atoms with Gasteiger partial charge in [0.05, 0.1) is 6.26 Å². The van der Waals surface area contributed by atoms with Gasteiger partial charge in [-0.3, -0.25) is 0 Å². The van der Waals surface area contributed by atoms with E-state index >= 15 is 0 Å². The molecule has 2 aromatic rings. The molecule has 0 aliphatic heterocycles. The summed E-state index contributed by atoms with van der Waals surface area (Å²) in [5.41, 5.74) is 7.39. The van der Waals surface area contributed by atoms with Crippen LogP contribution in [0.25, 0.3) is 16.7 Å². The number of nitrogens with two attached hydrogens (primary N) is 1. The molecule has 1 aromatic carbocycles. The Morgan fingerprint density at radius 1 is 1.44 bits per heavy atom. The van der Waals surface area contributed by atoms with Crippen LogP contribution in [-0.2, 0) is 4.74 Å². The largest absolute Gasteiger partial charge is 0.462 e. The van der Waals surface area contributed by atoms with Crippen LogP contribution in [-0.4, -0.2) is 4.98 Å². The van der Waals surface area contributed by atoms with Crippen LogP contribution in [0.1, 0.15) is 5.56 Å². The molecule has 0 fully saturated rings. The Balaban J connectivity index is 2.62. The first-order chi connectivity index (χ1) is 7.74. The maximum Gasteiger partial charge on any atom is 0.170 e. The number of H-pyrrole nitrogens is 1. The van der Waals surface area contributed by atoms with Crippen LogP contribution >= 0.6 is 11.6 Å². The predicted molar refractivity (Wildman–Crippen MR) is 66.5 cm³/mol. The summed E-state index contributed by atoms with van der Waals surface area (Å²) in [6.07, 6.45) is 3.10. The van der Waals surface area contributed by atoms with Crippen molar-refractivity contribution in [3.63, 3.8) is 0 Å². The summed E-state index contributed by atoms with van der Waals surface area (Å²) >= 11 is 5.79. The van der Waals surface area contributed by atoms with Crippen LogP contribution in [0.3, 0.4) is 0 Å². The molecular formula is C12H11ClN2O. The zero-order valence-electron chi connectivity index (χ0n) is 8.53. The summed E-state index contributed by atoms with van der Waals surface area (Å²) in [5.74, 6) is 0.411. The number of rotatable bonds is 3. The fourth-order valence-corrected chi connectivity index (χ4v) is 1.74. The van der Waals surface area contributed by atoms with Crippen molar-refractivity contribution in [3.05, 3.63) is 54.0 Å². The monoisotopic (exact) mass is 234 g/mol. The molecule has 0 unspecified atom stereocenters. The van der Waals surface area contributed by atoms with Crippen LogP contribution in [0.4, 0.5) is 0 Å². The second-order valence-corrected chi connectivity index (χ2v) is 3.62. The van der Waals surface area contributed by atoms with Crippen molar-refractivity contribution in [2.24, 2.45) is 5.73 Å². The molecule has 0 radical (unpaired) electrons. The smallest absolute Gasteiger partial charge is 0.170 e. The Bertz CT molecular complexity index is 553. The Morgan fingerprint density at radius 3 is 2.88 bits per heavy atom. The Labute approximate surface area is 98.2 Å². The minimum Gasteiger partial charge on any atom is -0.462 e. The van der Waals surface area contributed by atoms with Gasteiger partial charge in [-0.2, -0.15) is 0 Å². The summed E-state index contributed by atoms with van der Waals surface area (Å²) in [5, 5.41) is 1.10. The fraction of sp³-hybridized carbons (Fsp3) is 0. The van der Waals surface area contributed by atoms with Crippen LogP contribution in [0, 0.1) is 0 Å². The van der Waals surface area contributed by atoms with Gasteiger partial charge in [-0.1, -0.05) is 36.4 Å². The third-order valence-corrected chi connectivity index (χ3v) is 2.42. The average molecular weight is 235 g/mol. The molecule has 0 saturated heterocycles. The van der Waals surface area contributed by atoms with Crippen LogP contribution in [0.15, 0.2) is 48.5 Å². The predicted octanol–water partition coefficient (Wildman–Crippen LogP) is 3.15. The van der Waals surface area contributed by atoms with Crippen molar-refractivity contribution in [2.45, 2.75) is 0 Å². The number of para-hydroxylation sites is 1. The van der Waals surface area contributed by atoms with E-state index in [0.717, 1.165) is 16.5 Å². The van der Waals surface area contributed by atoms with Gasteiger partial charge in [0, 0.05) is 22.7 Å². The standard InChI is InChI=1S/C12H11ClN2O/c1-2-16-11(12(13)14)9-7-15-10-6-4-3-5-8(9)10/h2-7,15H,1,14H2/b12-11-. The molecule has 1 heterocycles. The van der Waals surface area contributed by atoms with Gasteiger partial charge in [0.1, 0.15) is 5.16 Å². The first kappa shape index (κ1) is 10.6. The van der Waals surface area contributed by atoms with Gasteiger partial charge in [-0.05, 0) is 6.07 Å². The van der Waals surface area contributed by atoms with Gasteiger partial charge in [0.2, 0.25) is 0 Å². The number of hydrogen-bond acceptors (Lipinski definition) is 2. The van der Waals surface area contributed by atoms with Gasteiger partial charge in [0.15, 0.2) is 5.76 Å². The Hall–Kier alpha value is -1.87. The number of aromatic amines is 1. The number of hydrogen-bond donors (Lipinski definition) is 2. The van der Waals surface area contributed by atoms with E-state index < -0.39 is 0 Å². The van der Waals surface area contributed by atoms with Gasteiger partial charge in [-0.15, -0.1) is 0 Å². The van der Waals surface area contributed by atoms with Gasteiger partial charge >= 0.3 is 0 Å². The van der Waals surface area contributed by atoms with Gasteiger partial charge < -0.3 is 15.5 Å². The summed E-state index contributed by atoms with van der Waals surface area (Å²) in [6, 6.07) is 7.82. The van der Waals surface area contributed by atoms with E-state index in [1.165, 1.54) is 6.26 Å². The minimum absolute atomic E-state index is 0.102. The van der Waals surface area contributed by atoms with Crippen molar-refractivity contribution in [1.29, 1.82) is 0 Å². The van der Waals surface area contributed by atoms with E-state index in [9.17, 15) is 0 Å². The third-order valence-electron chi connectivity index (χ3n) is 2.25. The molecule has 2 rings (SSSR count). The zero-order valence-corrected chi connectivity index (χ0v) is 9.29. The van der Waals surface area contributed by atoms with E-state index in [0.29, 0.717) is 5.76 Å². The number of nitrogens with one attached hydrogen (secondary N) is 1. The van der Waals surface area contributed by atoms with Crippen LogP contribution < -0.4 is 5.73 Å². The lowest BCUT2D eigenvalue weighted by atomic mass is 10.1. The van der Waals surface area contributed by atoms with E-state index in [-0.39, 0.29) is 5.16 Å². The molecule has 1 aromatic heterocycles. The van der Waals surface area contributed by atoms with Crippen LogP contribution in [0.5, 0.6) is 0 Å². The maximum atomic E-state index is 5.79. The summed E-state index contributed by atoms with van der Waals surface area (Å²) in [7, 11) is 0. The van der Waals surface area contributed by atoms with E-state index in [1.54, 1.807) is 6.20 Å². The van der Waals surface area contributed by atoms with Crippen molar-refractivity contribution in [1.82, 2.24) is 4.98 Å². The number of fused-ring (bicyclic) bond motifs is 1. The summed E-state index contributed by atoms with van der Waals surface area (Å²) < 4.78 is 5.22. The summed E-state index contributed by atoms with van der Waals surface area (Å²) in [6.45, 7) is 3.49. The molecule has 3 N–H and O–H groups in total. The highest BCUT2D eigenvalue weighted by molar-refractivity contribution is 6.32. The average Bonchev–Trinajstić information content (AvgIpc) is 2.69. The molecule has 4 heteroatoms. The lowest BCUT2D eigenvalue weighted by Gasteiger charge is -2.05. The number of benzene rings is 1. The normalized spacial score (nSPS) is 12.3. The van der Waals surface area contributed by atoms with Crippen molar-refractivity contribution in [3.8, 4) is 0 Å². The van der Waals surface area contributed by atoms with E-state index in [1.807, 2.05) is 24.3 Å². The molecule has 0 aliphatic rings. The van der Waals surface area contributed by atoms with E-state index in [2.05, 4.69) is 11.6 Å². The molecule has 0 bridgehead atoms. The van der Waals surface area contributed by atoms with Crippen molar-refractivity contribution < 1.29 is 4.74 Å². The first-order valence-electron chi connectivity index (χ1n) is 4.73. The molecular weight excluding hydrogens is 224 g/mol. The quantitative estimate of drug-likeness (QED) is 0.633. The molecule has 82 valence electrons. The Kier molecular flexibility index (Phi) is 2.88. The molecule has 3 nitrogen and oxygen atoms in total. The second kappa shape index (κ2) is 4.33. The fourth-order valence-electron chi connectivity index (χ4n) is 1.59.